The van der Waals surface area contributed by atoms with Gasteiger partial charge in [0.25, 0.3) is 0 Å². The summed E-state index contributed by atoms with van der Waals surface area (Å²) in [5, 5.41) is 0. The zero-order chi connectivity index (χ0) is 16.9. The summed E-state index contributed by atoms with van der Waals surface area (Å²) in [7, 11) is 0. The molecule has 0 fully saturated rings. The summed E-state index contributed by atoms with van der Waals surface area (Å²) >= 11 is 0. The third-order valence-corrected chi connectivity index (χ3v) is 3.82. The molecule has 0 atom stereocenters. The third-order valence-electron chi connectivity index (χ3n) is 3.82. The van der Waals surface area contributed by atoms with E-state index in [1.165, 1.54) is 0 Å². The van der Waals surface area contributed by atoms with Crippen molar-refractivity contribution < 1.29 is 18.7 Å². The molecule has 1 aliphatic rings. The molecule has 1 amide bonds. The molecule has 0 aliphatic carbocycles. The van der Waals surface area contributed by atoms with E-state index in [2.05, 4.69) is 0 Å². The van der Waals surface area contributed by atoms with Crippen LogP contribution in [0.2, 0.25) is 0 Å². The first-order valence-corrected chi connectivity index (χ1v) is 8.07. The Morgan fingerprint density at radius 3 is 2.67 bits per heavy atom. The Bertz CT molecular complexity index is 748. The van der Waals surface area contributed by atoms with Crippen molar-refractivity contribution in [2.24, 2.45) is 0 Å². The molecule has 2 aromatic rings. The molecule has 0 radical (unpaired) electrons. The number of rotatable bonds is 5. The molecule has 3 rings (SSSR count). The lowest BCUT2D eigenvalue weighted by molar-refractivity contribution is -0.126. The highest BCUT2D eigenvalue weighted by atomic mass is 16.6. The topological polar surface area (TPSA) is 51.9 Å². The highest BCUT2D eigenvalue weighted by Gasteiger charge is 2.14. The van der Waals surface area contributed by atoms with Gasteiger partial charge in [-0.1, -0.05) is 6.07 Å². The summed E-state index contributed by atoms with van der Waals surface area (Å²) in [6.45, 7) is 6.10. The Kier molecular flexibility index (Phi) is 4.89. The summed E-state index contributed by atoms with van der Waals surface area (Å²) < 4.78 is 16.6. The number of hydrogen-bond acceptors (Lipinski definition) is 4. The normalized spacial score (nSPS) is 13.2. The van der Waals surface area contributed by atoms with E-state index in [0.717, 1.165) is 22.8 Å². The van der Waals surface area contributed by atoms with Gasteiger partial charge in [-0.15, -0.1) is 0 Å². The standard InChI is InChI=1S/C19H21NO4/c1-3-20(19(21)9-7-16-6-4-14(2)24-16)13-15-5-8-17-18(12-15)23-11-10-22-17/h4-9,12H,3,10-11,13H2,1-2H3. The van der Waals surface area contributed by atoms with Gasteiger partial charge in [-0.2, -0.15) is 0 Å². The molecule has 1 aromatic carbocycles. The number of ether oxygens (including phenoxy) is 2. The first kappa shape index (κ1) is 16.2. The number of furan rings is 1. The van der Waals surface area contributed by atoms with Gasteiger partial charge in [-0.3, -0.25) is 4.79 Å². The lowest BCUT2D eigenvalue weighted by Gasteiger charge is -2.22. The molecule has 1 aromatic heterocycles. The molecule has 0 N–H and O–H groups in total. The maximum Gasteiger partial charge on any atom is 0.246 e. The number of amides is 1. The molecule has 5 nitrogen and oxygen atoms in total. The Hall–Kier alpha value is -2.69. The minimum Gasteiger partial charge on any atom is -0.486 e. The van der Waals surface area contributed by atoms with Crippen LogP contribution in [0, 0.1) is 6.92 Å². The fraction of sp³-hybridized carbons (Fsp3) is 0.316. The summed E-state index contributed by atoms with van der Waals surface area (Å²) in [4.78, 5) is 14.2. The van der Waals surface area contributed by atoms with Gasteiger partial charge in [-0.05, 0) is 49.8 Å². The van der Waals surface area contributed by atoms with Crippen LogP contribution in [0.1, 0.15) is 24.0 Å². The van der Waals surface area contributed by atoms with E-state index in [1.54, 1.807) is 17.1 Å². The largest absolute Gasteiger partial charge is 0.486 e. The number of carbonyl (C=O) groups excluding carboxylic acids is 1. The van der Waals surface area contributed by atoms with Crippen LogP contribution in [0.3, 0.4) is 0 Å². The van der Waals surface area contributed by atoms with E-state index < -0.39 is 0 Å². The number of hydrogen-bond donors (Lipinski definition) is 0. The maximum absolute atomic E-state index is 12.4. The number of nitrogens with zero attached hydrogens (tertiary/aromatic N) is 1. The zero-order valence-corrected chi connectivity index (χ0v) is 14.0. The van der Waals surface area contributed by atoms with Crippen molar-refractivity contribution in [2.75, 3.05) is 19.8 Å². The van der Waals surface area contributed by atoms with E-state index in [9.17, 15) is 4.79 Å². The molecule has 2 heterocycles. The Balaban J connectivity index is 1.67. The van der Waals surface area contributed by atoms with E-state index in [1.807, 2.05) is 44.2 Å². The highest BCUT2D eigenvalue weighted by Crippen LogP contribution is 2.31. The van der Waals surface area contributed by atoms with Crippen LogP contribution in [0.4, 0.5) is 0 Å². The van der Waals surface area contributed by atoms with E-state index in [-0.39, 0.29) is 5.91 Å². The summed E-state index contributed by atoms with van der Waals surface area (Å²) in [6.07, 6.45) is 3.24. The molecule has 0 saturated heterocycles. The molecular weight excluding hydrogens is 306 g/mol. The highest BCUT2D eigenvalue weighted by molar-refractivity contribution is 5.91. The molecule has 5 heteroatoms. The SMILES string of the molecule is CCN(Cc1ccc2c(c1)OCCO2)C(=O)C=Cc1ccc(C)o1. The first-order valence-electron chi connectivity index (χ1n) is 8.07. The van der Waals surface area contributed by atoms with Gasteiger partial charge in [0.2, 0.25) is 5.91 Å². The number of carbonyl (C=O) groups is 1. The summed E-state index contributed by atoms with van der Waals surface area (Å²) in [5.41, 5.74) is 1.01. The van der Waals surface area contributed by atoms with Crippen LogP contribution in [0.15, 0.2) is 40.8 Å². The predicted octanol–water partition coefficient (Wildman–Crippen LogP) is 3.42. The lowest BCUT2D eigenvalue weighted by atomic mass is 10.1. The van der Waals surface area contributed by atoms with Gasteiger partial charge >= 0.3 is 0 Å². The number of benzene rings is 1. The Labute approximate surface area is 141 Å². The second kappa shape index (κ2) is 7.25. The van der Waals surface area contributed by atoms with Crippen LogP contribution in [-0.4, -0.2) is 30.6 Å². The average molecular weight is 327 g/mol. The Morgan fingerprint density at radius 1 is 1.17 bits per heavy atom. The van der Waals surface area contributed by atoms with E-state index >= 15 is 0 Å². The van der Waals surface area contributed by atoms with Crippen LogP contribution in [0.25, 0.3) is 6.08 Å². The molecule has 0 unspecified atom stereocenters. The lowest BCUT2D eigenvalue weighted by Crippen LogP contribution is -2.28. The van der Waals surface area contributed by atoms with Crippen molar-refractivity contribution in [3.63, 3.8) is 0 Å². The van der Waals surface area contributed by atoms with Gasteiger partial charge < -0.3 is 18.8 Å². The van der Waals surface area contributed by atoms with Crippen LogP contribution < -0.4 is 9.47 Å². The predicted molar refractivity (Wildman–Crippen MR) is 91.0 cm³/mol. The zero-order valence-electron chi connectivity index (χ0n) is 14.0. The quantitative estimate of drug-likeness (QED) is 0.790. The van der Waals surface area contributed by atoms with Crippen LogP contribution >= 0.6 is 0 Å². The van der Waals surface area contributed by atoms with Gasteiger partial charge in [0.05, 0.1) is 0 Å². The number of aryl methyl sites for hydroxylation is 1. The molecule has 1 aliphatic heterocycles. The molecule has 0 bridgehead atoms. The first-order chi connectivity index (χ1) is 11.7. The van der Waals surface area contributed by atoms with E-state index in [0.29, 0.717) is 32.1 Å². The molecule has 126 valence electrons. The van der Waals surface area contributed by atoms with Crippen molar-refractivity contribution in [2.45, 2.75) is 20.4 Å². The monoisotopic (exact) mass is 327 g/mol. The van der Waals surface area contributed by atoms with Crippen molar-refractivity contribution in [1.82, 2.24) is 4.90 Å². The minimum absolute atomic E-state index is 0.0542. The molecular formula is C19H21NO4. The van der Waals surface area contributed by atoms with Gasteiger partial charge in [0.15, 0.2) is 11.5 Å². The fourth-order valence-electron chi connectivity index (χ4n) is 2.55. The van der Waals surface area contributed by atoms with E-state index in [4.69, 9.17) is 13.9 Å². The van der Waals surface area contributed by atoms with Crippen LogP contribution in [0.5, 0.6) is 11.5 Å². The maximum atomic E-state index is 12.4. The van der Waals surface area contributed by atoms with Crippen molar-refractivity contribution in [3.8, 4) is 11.5 Å². The summed E-state index contributed by atoms with van der Waals surface area (Å²) in [5.74, 6) is 2.94. The van der Waals surface area contributed by atoms with Crippen molar-refractivity contribution in [1.29, 1.82) is 0 Å². The van der Waals surface area contributed by atoms with Gasteiger partial charge in [0, 0.05) is 19.2 Å². The summed E-state index contributed by atoms with van der Waals surface area (Å²) in [6, 6.07) is 9.50. The molecule has 0 spiro atoms. The third kappa shape index (κ3) is 3.79. The van der Waals surface area contributed by atoms with Gasteiger partial charge in [0.1, 0.15) is 24.7 Å². The molecule has 24 heavy (non-hydrogen) atoms. The van der Waals surface area contributed by atoms with Gasteiger partial charge in [-0.25, -0.2) is 0 Å². The van der Waals surface area contributed by atoms with Crippen molar-refractivity contribution >= 4 is 12.0 Å². The molecule has 0 saturated carbocycles. The fourth-order valence-corrected chi connectivity index (χ4v) is 2.55. The minimum atomic E-state index is -0.0542. The van der Waals surface area contributed by atoms with Crippen molar-refractivity contribution in [3.05, 3.63) is 53.5 Å². The smallest absolute Gasteiger partial charge is 0.246 e. The number of fused-ring (bicyclic) bond motifs is 1. The Morgan fingerprint density at radius 2 is 1.96 bits per heavy atom. The van der Waals surface area contributed by atoms with Crippen LogP contribution in [-0.2, 0) is 11.3 Å². The number of likely N-dealkylation sites (N-methyl/N-ethyl adjacent to an activating group) is 1. The average Bonchev–Trinajstić information content (AvgIpc) is 3.02. The second-order valence-corrected chi connectivity index (χ2v) is 5.61. The second-order valence-electron chi connectivity index (χ2n) is 5.61.